The lowest BCUT2D eigenvalue weighted by Gasteiger charge is -2.06. The number of hydrogen-bond donors (Lipinski definition) is 1. The minimum atomic E-state index is -1.04. The molecule has 0 saturated heterocycles. The van der Waals surface area contributed by atoms with Crippen molar-refractivity contribution < 1.29 is 4.80 Å². The highest BCUT2D eigenvalue weighted by atomic mass is 29.5. The summed E-state index contributed by atoms with van der Waals surface area (Å²) in [6, 6.07) is 1.18. The van der Waals surface area contributed by atoms with Crippen molar-refractivity contribution in [3.05, 3.63) is 0 Å². The van der Waals surface area contributed by atoms with E-state index in [2.05, 4.69) is 13.8 Å². The van der Waals surface area contributed by atoms with E-state index < -0.39 is 8.56 Å². The van der Waals surface area contributed by atoms with Crippen molar-refractivity contribution in [3.8, 4) is 0 Å². The van der Waals surface area contributed by atoms with Gasteiger partial charge in [0.15, 0.2) is 0 Å². The highest BCUT2D eigenvalue weighted by Crippen LogP contribution is 2.00. The fourth-order valence-electron chi connectivity index (χ4n) is 0.711. The van der Waals surface area contributed by atoms with Crippen LogP contribution in [-0.4, -0.2) is 31.7 Å². The Kier molecular flexibility index (Phi) is 4.83. The first-order valence-corrected chi connectivity index (χ1v) is 13.6. The highest BCUT2D eigenvalue weighted by Gasteiger charge is 2.05. The van der Waals surface area contributed by atoms with E-state index in [4.69, 9.17) is 0 Å². The van der Waals surface area contributed by atoms with Crippen LogP contribution >= 0.6 is 0 Å². The van der Waals surface area contributed by atoms with E-state index in [-0.39, 0.29) is 8.55 Å². The Balaban J connectivity index is 3.10. The normalized spacial score (nSPS) is 16.5. The van der Waals surface area contributed by atoms with Gasteiger partial charge in [-0.3, -0.25) is 0 Å². The molecule has 1 unspecified atom stereocenters. The first-order chi connectivity index (χ1) is 3.66. The fraction of sp³-hybridized carbons (Fsp3) is 1.00. The molecule has 0 radical (unpaired) electrons. The molecule has 0 saturated carbocycles. The molecule has 0 aromatic carbocycles. The molecule has 0 aromatic heterocycles. The second-order valence-corrected chi connectivity index (χ2v) is 17.9. The van der Waals surface area contributed by atoms with Gasteiger partial charge in [0, 0.05) is 8.55 Å². The number of hydrogen-bond acceptors (Lipinski definition) is 1. The summed E-state index contributed by atoms with van der Waals surface area (Å²) in [5.74, 6) is 0.748. The molecule has 0 spiro atoms. The standard InChI is InChI=1S/C4H16OSi3/c1-4(2)3-8(5)7-6/h4-5,8H,3,7H2,1-2,6H3. The van der Waals surface area contributed by atoms with Gasteiger partial charge in [0.05, 0.1) is 0 Å². The molecule has 1 atom stereocenters. The molecule has 0 amide bonds. The summed E-state index contributed by atoms with van der Waals surface area (Å²) >= 11 is 0. The molecule has 50 valence electrons. The highest BCUT2D eigenvalue weighted by molar-refractivity contribution is 7.28. The molecule has 0 aromatic rings. The van der Waals surface area contributed by atoms with Gasteiger partial charge >= 0.3 is 0 Å². The molecule has 0 heterocycles. The molecule has 0 fully saturated rings. The van der Waals surface area contributed by atoms with Crippen molar-refractivity contribution in [2.75, 3.05) is 0 Å². The van der Waals surface area contributed by atoms with Crippen molar-refractivity contribution in [3.63, 3.8) is 0 Å². The molecular weight excluding hydrogens is 148 g/mol. The van der Waals surface area contributed by atoms with Crippen molar-refractivity contribution in [1.82, 2.24) is 0 Å². The van der Waals surface area contributed by atoms with Crippen molar-refractivity contribution in [1.29, 1.82) is 0 Å². The van der Waals surface area contributed by atoms with Crippen LogP contribution in [0.1, 0.15) is 13.8 Å². The van der Waals surface area contributed by atoms with E-state index >= 15 is 0 Å². The van der Waals surface area contributed by atoms with Gasteiger partial charge in [0.25, 0.3) is 0 Å². The molecule has 4 heteroatoms. The maximum atomic E-state index is 9.26. The van der Waals surface area contributed by atoms with Crippen LogP contribution in [0.5, 0.6) is 0 Å². The molecule has 0 bridgehead atoms. The van der Waals surface area contributed by atoms with Crippen LogP contribution < -0.4 is 0 Å². The van der Waals surface area contributed by atoms with E-state index in [1.807, 2.05) is 0 Å². The van der Waals surface area contributed by atoms with Crippen molar-refractivity contribution in [2.45, 2.75) is 19.9 Å². The van der Waals surface area contributed by atoms with Crippen LogP contribution in [0.2, 0.25) is 6.04 Å². The van der Waals surface area contributed by atoms with Crippen LogP contribution in [0.25, 0.3) is 0 Å². The molecule has 0 aliphatic carbocycles. The summed E-state index contributed by atoms with van der Waals surface area (Å²) in [6.45, 7) is 4.39. The van der Waals surface area contributed by atoms with E-state index in [0.717, 1.165) is 5.92 Å². The van der Waals surface area contributed by atoms with E-state index in [9.17, 15) is 4.80 Å². The topological polar surface area (TPSA) is 20.2 Å². The Hall–Kier alpha value is 0.611. The molecular formula is C4H16OSi3. The lowest BCUT2D eigenvalue weighted by Crippen LogP contribution is -2.23. The summed E-state index contributed by atoms with van der Waals surface area (Å²) in [5.41, 5.74) is 0. The van der Waals surface area contributed by atoms with Gasteiger partial charge < -0.3 is 4.80 Å². The maximum absolute atomic E-state index is 9.26. The van der Waals surface area contributed by atoms with Gasteiger partial charge in [-0.25, -0.2) is 0 Å². The van der Waals surface area contributed by atoms with E-state index in [1.54, 1.807) is 0 Å². The summed E-state index contributed by atoms with van der Waals surface area (Å²) in [6.07, 6.45) is 0. The zero-order valence-electron chi connectivity index (χ0n) is 6.02. The summed E-state index contributed by atoms with van der Waals surface area (Å²) in [5, 5.41) is 0. The summed E-state index contributed by atoms with van der Waals surface area (Å²) in [7, 11) is 0.419. The van der Waals surface area contributed by atoms with Gasteiger partial charge in [-0.05, 0) is 21.7 Å². The average molecular weight is 164 g/mol. The van der Waals surface area contributed by atoms with Crippen LogP contribution in [-0.2, 0) is 0 Å². The number of rotatable bonds is 3. The minimum Gasteiger partial charge on any atom is -0.439 e. The summed E-state index contributed by atoms with van der Waals surface area (Å²) in [4.78, 5) is 9.26. The molecule has 8 heavy (non-hydrogen) atoms. The molecule has 0 aliphatic heterocycles. The zero-order valence-corrected chi connectivity index (χ0v) is 10.6. The van der Waals surface area contributed by atoms with E-state index in [1.165, 1.54) is 15.8 Å². The first kappa shape index (κ1) is 8.61. The van der Waals surface area contributed by atoms with Crippen molar-refractivity contribution >= 4 is 26.9 Å². The third kappa shape index (κ3) is 4.76. The predicted octanol–water partition coefficient (Wildman–Crippen LogP) is -1.70. The van der Waals surface area contributed by atoms with Gasteiger partial charge in [0.2, 0.25) is 0 Å². The molecule has 0 rings (SSSR count). The predicted molar refractivity (Wildman–Crippen MR) is 47.5 cm³/mol. The molecule has 1 N–H and O–H groups in total. The monoisotopic (exact) mass is 164 g/mol. The van der Waals surface area contributed by atoms with Crippen LogP contribution in [0.4, 0.5) is 0 Å². The Labute approximate surface area is 58.1 Å². The lowest BCUT2D eigenvalue weighted by molar-refractivity contribution is 0.568. The SMILES string of the molecule is CC(C)C[SiH](O)[SiH2][SiH3]. The quantitative estimate of drug-likeness (QED) is 0.493. The fourth-order valence-corrected chi connectivity index (χ4v) is 8.13. The van der Waals surface area contributed by atoms with Crippen LogP contribution in [0.3, 0.4) is 0 Å². The summed E-state index contributed by atoms with van der Waals surface area (Å²) < 4.78 is 0. The smallest absolute Gasteiger partial charge is 0.150 e. The van der Waals surface area contributed by atoms with Gasteiger partial charge in [-0.15, -0.1) is 0 Å². The Morgan fingerprint density at radius 1 is 1.75 bits per heavy atom. The third-order valence-electron chi connectivity index (χ3n) is 1.21. The van der Waals surface area contributed by atoms with Gasteiger partial charge in [-0.1, -0.05) is 13.8 Å². The van der Waals surface area contributed by atoms with Gasteiger partial charge in [-0.2, -0.15) is 0 Å². The van der Waals surface area contributed by atoms with Gasteiger partial charge in [0.1, 0.15) is 8.56 Å². The first-order valence-electron chi connectivity index (χ1n) is 3.34. The van der Waals surface area contributed by atoms with Crippen molar-refractivity contribution in [2.24, 2.45) is 5.92 Å². The second-order valence-electron chi connectivity index (χ2n) is 2.69. The third-order valence-corrected chi connectivity index (χ3v) is 16.0. The largest absolute Gasteiger partial charge is 0.439 e. The second kappa shape index (κ2) is 4.49. The molecule has 1 nitrogen and oxygen atoms in total. The Morgan fingerprint density at radius 3 is 2.38 bits per heavy atom. The van der Waals surface area contributed by atoms with Crippen LogP contribution in [0.15, 0.2) is 0 Å². The Morgan fingerprint density at radius 2 is 2.25 bits per heavy atom. The molecule has 0 aliphatic rings. The zero-order chi connectivity index (χ0) is 6.57. The maximum Gasteiger partial charge on any atom is 0.150 e. The van der Waals surface area contributed by atoms with Crippen LogP contribution in [0, 0.1) is 5.92 Å². The Bertz CT molecular complexity index is 57.2. The average Bonchev–Trinajstić information content (AvgIpc) is 1.65. The minimum absolute atomic E-state index is 0.129. The van der Waals surface area contributed by atoms with E-state index in [0.29, 0.717) is 0 Å². The lowest BCUT2D eigenvalue weighted by atomic mass is 10.3.